The van der Waals surface area contributed by atoms with Crippen molar-refractivity contribution in [2.75, 3.05) is 6.61 Å². The molecule has 114 valence electrons. The van der Waals surface area contributed by atoms with Crippen molar-refractivity contribution in [3.63, 3.8) is 0 Å². The first kappa shape index (κ1) is 16.5. The first-order valence-electron chi connectivity index (χ1n) is 7.29. The average Bonchev–Trinajstić information content (AvgIpc) is 2.55. The van der Waals surface area contributed by atoms with Crippen molar-refractivity contribution in [3.05, 3.63) is 82.3 Å². The minimum absolute atomic E-state index is 0.279. The van der Waals surface area contributed by atoms with E-state index in [0.717, 1.165) is 22.9 Å². The molecule has 0 aliphatic heterocycles. The van der Waals surface area contributed by atoms with E-state index in [0.29, 0.717) is 18.6 Å². The first-order valence-corrected chi connectivity index (χ1v) is 8.08. The average molecular weight is 359 g/mol. The predicted octanol–water partition coefficient (Wildman–Crippen LogP) is 5.19. The van der Waals surface area contributed by atoms with Crippen LogP contribution in [0.25, 0.3) is 0 Å². The Morgan fingerprint density at radius 2 is 1.68 bits per heavy atom. The third kappa shape index (κ3) is 5.15. The van der Waals surface area contributed by atoms with Crippen molar-refractivity contribution < 1.29 is 9.53 Å². The number of halogens is 1. The molecule has 0 saturated heterocycles. The molecular weight excluding hydrogens is 340 g/mol. The number of ether oxygens (including phenoxy) is 1. The maximum atomic E-state index is 11.8. The highest BCUT2D eigenvalue weighted by Crippen LogP contribution is 2.19. The van der Waals surface area contributed by atoms with E-state index in [2.05, 4.69) is 28.6 Å². The van der Waals surface area contributed by atoms with E-state index in [1.807, 2.05) is 36.4 Å². The molecule has 0 heterocycles. The Bertz CT molecular complexity index is 635. The summed E-state index contributed by atoms with van der Waals surface area (Å²) < 4.78 is 6.39. The monoisotopic (exact) mass is 358 g/mol. The molecule has 0 saturated carbocycles. The van der Waals surface area contributed by atoms with E-state index < -0.39 is 0 Å². The summed E-state index contributed by atoms with van der Waals surface area (Å²) in [6, 6.07) is 17.2. The number of carbonyl (C=O) groups is 1. The molecular formula is C19H19BrO2. The van der Waals surface area contributed by atoms with E-state index in [-0.39, 0.29) is 5.97 Å². The van der Waals surface area contributed by atoms with Crippen LogP contribution in [-0.4, -0.2) is 12.6 Å². The predicted molar refractivity (Wildman–Crippen MR) is 92.9 cm³/mol. The van der Waals surface area contributed by atoms with Gasteiger partial charge in [-0.05, 0) is 36.6 Å². The van der Waals surface area contributed by atoms with Gasteiger partial charge in [-0.1, -0.05) is 64.5 Å². The Kier molecular flexibility index (Phi) is 6.41. The van der Waals surface area contributed by atoms with Gasteiger partial charge in [0.2, 0.25) is 0 Å². The van der Waals surface area contributed by atoms with Crippen molar-refractivity contribution in [2.45, 2.75) is 19.3 Å². The lowest BCUT2D eigenvalue weighted by molar-refractivity contribution is 0.0509. The summed E-state index contributed by atoms with van der Waals surface area (Å²) in [4.78, 5) is 11.8. The van der Waals surface area contributed by atoms with Crippen molar-refractivity contribution >= 4 is 21.9 Å². The molecule has 0 amide bonds. The molecule has 0 atom stereocenters. The number of carbonyl (C=O) groups excluding carboxylic acids is 1. The second-order valence-electron chi connectivity index (χ2n) is 5.09. The van der Waals surface area contributed by atoms with Gasteiger partial charge < -0.3 is 4.74 Å². The zero-order chi connectivity index (χ0) is 15.8. The van der Waals surface area contributed by atoms with Crippen molar-refractivity contribution in [1.29, 1.82) is 0 Å². The second kappa shape index (κ2) is 8.54. The van der Waals surface area contributed by atoms with Gasteiger partial charge in [-0.25, -0.2) is 4.79 Å². The third-order valence-corrected chi connectivity index (χ3v) is 4.18. The van der Waals surface area contributed by atoms with Gasteiger partial charge in [0.05, 0.1) is 12.2 Å². The van der Waals surface area contributed by atoms with Crippen LogP contribution in [0.5, 0.6) is 0 Å². The Labute approximate surface area is 139 Å². The molecule has 3 heteroatoms. The molecule has 22 heavy (non-hydrogen) atoms. The van der Waals surface area contributed by atoms with E-state index >= 15 is 0 Å². The van der Waals surface area contributed by atoms with Gasteiger partial charge in [0, 0.05) is 10.9 Å². The summed E-state index contributed by atoms with van der Waals surface area (Å²) in [7, 11) is 0. The smallest absolute Gasteiger partial charge is 0.338 e. The molecule has 0 N–H and O–H groups in total. The zero-order valence-electron chi connectivity index (χ0n) is 12.4. The fourth-order valence-electron chi connectivity index (χ4n) is 2.08. The van der Waals surface area contributed by atoms with Crippen LogP contribution in [0.1, 0.15) is 28.8 Å². The van der Waals surface area contributed by atoms with Crippen LogP contribution in [-0.2, 0) is 11.2 Å². The largest absolute Gasteiger partial charge is 0.462 e. The third-order valence-electron chi connectivity index (χ3n) is 3.40. The summed E-state index contributed by atoms with van der Waals surface area (Å²) in [5, 5.41) is 0. The van der Waals surface area contributed by atoms with Crippen LogP contribution in [0.15, 0.2) is 71.2 Å². The molecule has 0 aromatic heterocycles. The summed E-state index contributed by atoms with van der Waals surface area (Å²) in [6.07, 6.45) is 2.53. The van der Waals surface area contributed by atoms with Crippen LogP contribution < -0.4 is 0 Å². The number of hydrogen-bond acceptors (Lipinski definition) is 2. The second-order valence-corrected chi connectivity index (χ2v) is 5.95. The first-order chi connectivity index (χ1) is 10.7. The fourth-order valence-corrected chi connectivity index (χ4v) is 2.57. The Morgan fingerprint density at radius 1 is 1.00 bits per heavy atom. The van der Waals surface area contributed by atoms with Crippen molar-refractivity contribution in [2.24, 2.45) is 0 Å². The van der Waals surface area contributed by atoms with Crippen LogP contribution in [0.4, 0.5) is 0 Å². The van der Waals surface area contributed by atoms with Gasteiger partial charge in [0.1, 0.15) is 0 Å². The quantitative estimate of drug-likeness (QED) is 0.503. The van der Waals surface area contributed by atoms with E-state index in [1.165, 1.54) is 5.56 Å². The lowest BCUT2D eigenvalue weighted by Gasteiger charge is -2.08. The summed E-state index contributed by atoms with van der Waals surface area (Å²) in [5.74, 6) is -0.279. The Hall–Kier alpha value is -1.87. The van der Waals surface area contributed by atoms with Crippen molar-refractivity contribution in [3.8, 4) is 0 Å². The molecule has 0 fully saturated rings. The summed E-state index contributed by atoms with van der Waals surface area (Å²) in [6.45, 7) is 4.44. The van der Waals surface area contributed by atoms with Gasteiger partial charge in [-0.15, -0.1) is 0 Å². The van der Waals surface area contributed by atoms with Crippen LogP contribution in [0.2, 0.25) is 0 Å². The maximum absolute atomic E-state index is 11.8. The van der Waals surface area contributed by atoms with E-state index in [4.69, 9.17) is 4.74 Å². The molecule has 2 rings (SSSR count). The summed E-state index contributed by atoms with van der Waals surface area (Å²) in [5.41, 5.74) is 2.95. The highest BCUT2D eigenvalue weighted by Gasteiger charge is 2.06. The van der Waals surface area contributed by atoms with Crippen LogP contribution in [0, 0.1) is 0 Å². The number of rotatable bonds is 7. The van der Waals surface area contributed by atoms with Crippen molar-refractivity contribution in [1.82, 2.24) is 0 Å². The van der Waals surface area contributed by atoms with Gasteiger partial charge in [0.25, 0.3) is 0 Å². The number of aryl methyl sites for hydroxylation is 1. The van der Waals surface area contributed by atoms with Gasteiger partial charge in [-0.2, -0.15) is 0 Å². The molecule has 0 radical (unpaired) electrons. The topological polar surface area (TPSA) is 26.3 Å². The minimum Gasteiger partial charge on any atom is -0.462 e. The molecule has 0 bridgehead atoms. The molecule has 2 nitrogen and oxygen atoms in total. The number of esters is 1. The SMILES string of the molecule is C=C(CCOC(=O)c1ccccc1)CCc1ccccc1Br. The highest BCUT2D eigenvalue weighted by molar-refractivity contribution is 9.10. The lowest BCUT2D eigenvalue weighted by atomic mass is 10.0. The zero-order valence-corrected chi connectivity index (χ0v) is 14.0. The highest BCUT2D eigenvalue weighted by atomic mass is 79.9. The Balaban J connectivity index is 1.70. The number of benzene rings is 2. The lowest BCUT2D eigenvalue weighted by Crippen LogP contribution is -2.06. The van der Waals surface area contributed by atoms with Gasteiger partial charge >= 0.3 is 5.97 Å². The standard InChI is InChI=1S/C19H19BrO2/c1-15(11-12-16-7-5-6-10-18(16)20)13-14-22-19(21)17-8-3-2-4-9-17/h2-10H,1,11-14H2. The molecule has 0 unspecified atom stereocenters. The normalized spacial score (nSPS) is 10.2. The van der Waals surface area contributed by atoms with E-state index in [1.54, 1.807) is 12.1 Å². The Morgan fingerprint density at radius 3 is 2.41 bits per heavy atom. The minimum atomic E-state index is -0.279. The van der Waals surface area contributed by atoms with Gasteiger partial charge in [-0.3, -0.25) is 0 Å². The van der Waals surface area contributed by atoms with E-state index in [9.17, 15) is 4.79 Å². The summed E-state index contributed by atoms with van der Waals surface area (Å²) >= 11 is 3.54. The molecule has 0 spiro atoms. The molecule has 0 aliphatic rings. The van der Waals surface area contributed by atoms with Crippen LogP contribution >= 0.6 is 15.9 Å². The maximum Gasteiger partial charge on any atom is 0.338 e. The number of hydrogen-bond donors (Lipinski definition) is 0. The van der Waals surface area contributed by atoms with Gasteiger partial charge in [0.15, 0.2) is 0 Å². The molecule has 0 aliphatic carbocycles. The fraction of sp³-hybridized carbons (Fsp3) is 0.211. The molecule has 2 aromatic carbocycles. The van der Waals surface area contributed by atoms with Crippen LogP contribution in [0.3, 0.4) is 0 Å². The molecule has 2 aromatic rings.